The van der Waals surface area contributed by atoms with Crippen molar-refractivity contribution in [3.8, 4) is 16.9 Å². The van der Waals surface area contributed by atoms with Crippen molar-refractivity contribution in [2.75, 3.05) is 18.9 Å². The Morgan fingerprint density at radius 2 is 1.93 bits per heavy atom. The number of amides is 1. The molecule has 17 nitrogen and oxygen atoms in total. The number of ketones is 1. The Bertz CT molecular complexity index is 1720. The van der Waals surface area contributed by atoms with Gasteiger partial charge in [0.25, 0.3) is 12.0 Å². The SMILES string of the molecule is C[n+]1cc(-c2ccc(OC[C@H](O/N=C(\C(=O)C[C@@H]3C(=O)N(OS(=O)(=O)O)C3(C)C)c3csc(N)n3)C(=O)O)cc2)cn1CCN. The molecular weight excluding hydrogens is 634 g/mol. The number of aliphatic carboxylic acids is 1. The van der Waals surface area contributed by atoms with Crippen LogP contribution in [-0.2, 0) is 47.5 Å². The highest BCUT2D eigenvalue weighted by atomic mass is 32.3. The van der Waals surface area contributed by atoms with Crippen molar-refractivity contribution in [3.05, 3.63) is 47.7 Å². The molecule has 0 bridgehead atoms. The zero-order valence-corrected chi connectivity index (χ0v) is 26.0. The lowest BCUT2D eigenvalue weighted by atomic mass is 9.74. The molecule has 45 heavy (non-hydrogen) atoms. The van der Waals surface area contributed by atoms with E-state index in [2.05, 4.69) is 14.4 Å². The fourth-order valence-corrected chi connectivity index (χ4v) is 5.53. The van der Waals surface area contributed by atoms with Gasteiger partial charge in [-0.3, -0.25) is 14.1 Å². The van der Waals surface area contributed by atoms with Gasteiger partial charge >= 0.3 is 16.4 Å². The Hall–Kier alpha value is -4.43. The van der Waals surface area contributed by atoms with Crippen LogP contribution < -0.4 is 20.9 Å². The number of hydrogen-bond acceptors (Lipinski definition) is 13. The van der Waals surface area contributed by atoms with E-state index < -0.39 is 64.4 Å². The Kier molecular flexibility index (Phi) is 9.88. The number of aryl methyl sites for hydroxylation is 1. The molecular formula is C26H32N7O10S2+. The maximum absolute atomic E-state index is 13.3. The van der Waals surface area contributed by atoms with Crippen LogP contribution in [0.1, 0.15) is 26.0 Å². The Morgan fingerprint density at radius 3 is 2.49 bits per heavy atom. The van der Waals surface area contributed by atoms with Crippen LogP contribution in [0.3, 0.4) is 0 Å². The molecule has 1 aliphatic rings. The molecule has 4 rings (SSSR count). The average molecular weight is 667 g/mol. The number of nitrogen functional groups attached to an aromatic ring is 1. The number of β-lactam (4-membered cyclic amide) rings is 1. The van der Waals surface area contributed by atoms with E-state index in [1.807, 2.05) is 28.8 Å². The van der Waals surface area contributed by atoms with Gasteiger partial charge in [-0.15, -0.1) is 20.3 Å². The predicted octanol–water partition coefficient (Wildman–Crippen LogP) is 0.161. The van der Waals surface area contributed by atoms with Crippen molar-refractivity contribution in [3.63, 3.8) is 0 Å². The second-order valence-electron chi connectivity index (χ2n) is 10.5. The number of carboxylic acids is 1. The Labute approximate surface area is 261 Å². The molecule has 2 aromatic heterocycles. The number of carboxylic acid groups (broad SMARTS) is 1. The van der Waals surface area contributed by atoms with Crippen molar-refractivity contribution in [2.45, 2.75) is 38.5 Å². The van der Waals surface area contributed by atoms with Crippen LogP contribution in [0.2, 0.25) is 0 Å². The molecule has 6 N–H and O–H groups in total. The minimum absolute atomic E-state index is 0.0209. The third kappa shape index (κ3) is 7.81. The number of hydroxylamine groups is 2. The number of nitrogens with zero attached hydrogens (tertiary/aromatic N) is 5. The molecule has 2 atom stereocenters. The van der Waals surface area contributed by atoms with Crippen LogP contribution in [0, 0.1) is 5.92 Å². The summed E-state index contributed by atoms with van der Waals surface area (Å²) >= 11 is 0.987. The van der Waals surface area contributed by atoms with E-state index >= 15 is 0 Å². The van der Waals surface area contributed by atoms with Gasteiger partial charge in [0.2, 0.25) is 6.20 Å². The summed E-state index contributed by atoms with van der Waals surface area (Å²) < 4.78 is 45.0. The number of thiazole rings is 1. The van der Waals surface area contributed by atoms with Gasteiger partial charge in [-0.1, -0.05) is 17.3 Å². The summed E-state index contributed by atoms with van der Waals surface area (Å²) in [7, 11) is -3.09. The smallest absolute Gasteiger partial charge is 0.418 e. The van der Waals surface area contributed by atoms with Gasteiger partial charge in [0, 0.05) is 18.3 Å². The van der Waals surface area contributed by atoms with Gasteiger partial charge in [0.05, 0.1) is 29.8 Å². The van der Waals surface area contributed by atoms with E-state index in [4.69, 9.17) is 25.6 Å². The average Bonchev–Trinajstić information content (AvgIpc) is 3.56. The quantitative estimate of drug-likeness (QED) is 0.0556. The zero-order chi connectivity index (χ0) is 33.1. The van der Waals surface area contributed by atoms with Crippen LogP contribution in [0.4, 0.5) is 5.13 Å². The van der Waals surface area contributed by atoms with Crippen LogP contribution in [0.5, 0.6) is 5.75 Å². The van der Waals surface area contributed by atoms with E-state index in [0.29, 0.717) is 23.9 Å². The van der Waals surface area contributed by atoms with Crippen molar-refractivity contribution < 1.29 is 51.0 Å². The summed E-state index contributed by atoms with van der Waals surface area (Å²) in [6, 6.07) is 6.94. The molecule has 1 aliphatic heterocycles. The lowest BCUT2D eigenvalue weighted by Crippen LogP contribution is -2.68. The van der Waals surface area contributed by atoms with E-state index in [9.17, 15) is 27.9 Å². The summed E-state index contributed by atoms with van der Waals surface area (Å²) in [4.78, 5) is 47.0. The van der Waals surface area contributed by atoms with Crippen molar-refractivity contribution in [1.29, 1.82) is 0 Å². The van der Waals surface area contributed by atoms with E-state index in [-0.39, 0.29) is 10.8 Å². The number of hydrogen-bond donors (Lipinski definition) is 4. The number of benzene rings is 1. The second kappa shape index (κ2) is 13.3. The Balaban J connectivity index is 1.45. The molecule has 0 saturated carbocycles. The maximum atomic E-state index is 13.3. The van der Waals surface area contributed by atoms with Crippen LogP contribution in [-0.4, -0.2) is 81.0 Å². The fourth-order valence-electron chi connectivity index (χ4n) is 4.53. The summed E-state index contributed by atoms with van der Waals surface area (Å²) in [5, 5.41) is 15.4. The predicted molar refractivity (Wildman–Crippen MR) is 158 cm³/mol. The number of aromatic nitrogens is 3. The first-order chi connectivity index (χ1) is 21.1. The minimum atomic E-state index is -4.99. The third-order valence-corrected chi connectivity index (χ3v) is 7.99. The molecule has 0 unspecified atom stereocenters. The van der Waals surface area contributed by atoms with Crippen molar-refractivity contribution in [1.82, 2.24) is 14.7 Å². The molecule has 0 radical (unpaired) electrons. The molecule has 19 heteroatoms. The summed E-state index contributed by atoms with van der Waals surface area (Å²) in [5.74, 6) is -3.80. The zero-order valence-electron chi connectivity index (χ0n) is 24.4. The highest BCUT2D eigenvalue weighted by molar-refractivity contribution is 7.80. The van der Waals surface area contributed by atoms with Gasteiger partial charge in [-0.25, -0.2) is 9.78 Å². The lowest BCUT2D eigenvalue weighted by Gasteiger charge is -2.50. The highest BCUT2D eigenvalue weighted by Crippen LogP contribution is 2.40. The molecule has 0 spiro atoms. The number of ether oxygens (including phenoxy) is 1. The molecule has 242 valence electrons. The third-order valence-electron chi connectivity index (χ3n) is 6.97. The molecule has 1 saturated heterocycles. The fraction of sp³-hybridized carbons (Fsp3) is 0.385. The normalized spacial score (nSPS) is 17.1. The topological polar surface area (TPSA) is 243 Å². The van der Waals surface area contributed by atoms with Gasteiger partial charge in [-0.05, 0) is 31.5 Å². The Morgan fingerprint density at radius 1 is 1.24 bits per heavy atom. The van der Waals surface area contributed by atoms with E-state index in [1.54, 1.807) is 24.3 Å². The second-order valence-corrected chi connectivity index (χ2v) is 12.4. The number of carbonyl (C=O) groups is 3. The lowest BCUT2D eigenvalue weighted by molar-refractivity contribution is -0.753. The van der Waals surface area contributed by atoms with Gasteiger partial charge < -0.3 is 26.1 Å². The van der Waals surface area contributed by atoms with Crippen LogP contribution >= 0.6 is 11.3 Å². The molecule has 3 aromatic rings. The molecule has 1 amide bonds. The number of carbonyl (C=O) groups excluding carboxylic acids is 2. The number of Topliss-reactive ketones (excluding diaryl/α,β-unsaturated/α-hetero) is 1. The maximum Gasteiger partial charge on any atom is 0.418 e. The largest absolute Gasteiger partial charge is 0.489 e. The number of oxime groups is 1. The molecule has 1 aromatic carbocycles. The number of anilines is 1. The van der Waals surface area contributed by atoms with Crippen molar-refractivity contribution >= 4 is 50.2 Å². The van der Waals surface area contributed by atoms with Crippen molar-refractivity contribution in [2.24, 2.45) is 23.9 Å². The van der Waals surface area contributed by atoms with E-state index in [1.165, 1.54) is 19.2 Å². The summed E-state index contributed by atoms with van der Waals surface area (Å²) in [5.41, 5.74) is 11.5. The standard InChI is InChI=1S/C26H31N7O10S2/c1-26(2)18(23(35)33(26)43-45(38,39)40)10-20(34)22(19-14-44-25(28)29-19)30-42-21(24(36)37)13-41-17-6-4-15(5-7-17)16-11-31(3)32(12-16)9-8-27/h4-7,11-12,14,18,21H,8-10,13,27H2,1-3H3,(H3-,28,29,36,37,38,39,40)/p+1/b30-22-/t18-,21+/m1/s1. The molecule has 1 fully saturated rings. The highest BCUT2D eigenvalue weighted by Gasteiger charge is 2.57. The first kappa shape index (κ1) is 33.5. The first-order valence-corrected chi connectivity index (χ1v) is 15.6. The molecule has 3 heterocycles. The number of nitrogens with two attached hydrogens (primary N) is 2. The summed E-state index contributed by atoms with van der Waals surface area (Å²) in [6.45, 7) is 3.52. The minimum Gasteiger partial charge on any atom is -0.489 e. The van der Waals surface area contributed by atoms with Gasteiger partial charge in [0.1, 0.15) is 18.1 Å². The number of rotatable bonds is 15. The van der Waals surface area contributed by atoms with Gasteiger partial charge in [-0.2, -0.15) is 18.2 Å². The monoisotopic (exact) mass is 666 g/mol. The first-order valence-electron chi connectivity index (χ1n) is 13.3. The molecule has 0 aliphatic carbocycles. The van der Waals surface area contributed by atoms with Crippen LogP contribution in [0.15, 0.2) is 47.2 Å². The van der Waals surface area contributed by atoms with Gasteiger partial charge in [0.15, 0.2) is 23.7 Å². The summed E-state index contributed by atoms with van der Waals surface area (Å²) in [6.07, 6.45) is 1.76. The van der Waals surface area contributed by atoms with Crippen LogP contribution in [0.25, 0.3) is 11.1 Å². The van der Waals surface area contributed by atoms with E-state index in [0.717, 1.165) is 22.5 Å².